The summed E-state index contributed by atoms with van der Waals surface area (Å²) in [6.07, 6.45) is 1.57. The second-order valence-corrected chi connectivity index (χ2v) is 4.97. The van der Waals surface area contributed by atoms with Gasteiger partial charge in [-0.15, -0.1) is 0 Å². The summed E-state index contributed by atoms with van der Waals surface area (Å²) in [6, 6.07) is 10.4. The summed E-state index contributed by atoms with van der Waals surface area (Å²) < 4.78 is 5.43. The molecule has 0 spiro atoms. The average molecular weight is 304 g/mol. The van der Waals surface area contributed by atoms with Crippen LogP contribution in [0.25, 0.3) is 21.7 Å². The third kappa shape index (κ3) is 2.82. The van der Waals surface area contributed by atoms with Crippen molar-refractivity contribution in [2.75, 3.05) is 0 Å². The molecule has 0 atom stereocenters. The first-order valence-electron chi connectivity index (χ1n) is 6.81. The minimum absolute atomic E-state index is 0. The second kappa shape index (κ2) is 6.65. The Kier molecular flexibility index (Phi) is 5.06. The van der Waals surface area contributed by atoms with E-state index < -0.39 is 11.7 Å². The molecule has 4 nitrogen and oxygen atoms in total. The van der Waals surface area contributed by atoms with Crippen molar-refractivity contribution in [3.8, 4) is 0 Å². The van der Waals surface area contributed by atoms with Crippen LogP contribution in [0.5, 0.6) is 0 Å². The van der Waals surface area contributed by atoms with Crippen LogP contribution in [0, 0.1) is 0 Å². The van der Waals surface area contributed by atoms with E-state index >= 15 is 0 Å². The van der Waals surface area contributed by atoms with Gasteiger partial charge in [0.25, 0.3) is 0 Å². The Bertz CT molecular complexity index is 912. The summed E-state index contributed by atoms with van der Waals surface area (Å²) in [6.45, 7) is 2.02. The number of aryl methyl sites for hydroxylation is 1. The zero-order valence-electron chi connectivity index (χ0n) is 12.5. The first-order valence-corrected chi connectivity index (χ1v) is 6.81. The number of hydrogen-bond donors (Lipinski definition) is 0. The van der Waals surface area contributed by atoms with Gasteiger partial charge < -0.3 is 14.3 Å². The summed E-state index contributed by atoms with van der Waals surface area (Å²) in [5, 5.41) is 13.3. The van der Waals surface area contributed by atoms with E-state index in [1.54, 1.807) is 6.07 Å². The van der Waals surface area contributed by atoms with Gasteiger partial charge in [-0.3, -0.25) is 4.79 Å². The minimum atomic E-state index is -1.48. The molecule has 0 N–H and O–H groups in total. The molecule has 1 aromatic heterocycles. The van der Waals surface area contributed by atoms with Gasteiger partial charge in [0, 0.05) is 11.6 Å². The standard InChI is InChI=1S/C17H14O4.Na/c1-2-5-12-11-7-4-3-6-10(11)8-13-14(18)9-15(17(19)20)21-16(12)13;/h3-4,6-9H,2,5H2,1H3,(H,19,20);/q;+1/p-1. The van der Waals surface area contributed by atoms with Crippen molar-refractivity contribution in [1.82, 2.24) is 0 Å². The normalized spacial score (nSPS) is 10.6. The molecule has 106 valence electrons. The summed E-state index contributed by atoms with van der Waals surface area (Å²) in [5.74, 6) is -1.91. The smallest absolute Gasteiger partial charge is 0.542 e. The van der Waals surface area contributed by atoms with Crippen molar-refractivity contribution in [3.05, 3.63) is 57.9 Å². The molecule has 0 aliphatic heterocycles. The van der Waals surface area contributed by atoms with E-state index in [9.17, 15) is 14.7 Å². The second-order valence-electron chi connectivity index (χ2n) is 4.97. The van der Waals surface area contributed by atoms with Crippen LogP contribution in [-0.4, -0.2) is 5.97 Å². The molecule has 0 radical (unpaired) electrons. The molecule has 0 fully saturated rings. The van der Waals surface area contributed by atoms with Crippen LogP contribution >= 0.6 is 0 Å². The number of carboxylic acid groups (broad SMARTS) is 1. The summed E-state index contributed by atoms with van der Waals surface area (Å²) in [5.41, 5.74) is 0.853. The van der Waals surface area contributed by atoms with Gasteiger partial charge in [0.2, 0.25) is 0 Å². The average Bonchev–Trinajstić information content (AvgIpc) is 2.47. The van der Waals surface area contributed by atoms with Gasteiger partial charge in [-0.2, -0.15) is 0 Å². The van der Waals surface area contributed by atoms with Gasteiger partial charge in [0.1, 0.15) is 11.6 Å². The number of rotatable bonds is 3. The van der Waals surface area contributed by atoms with E-state index in [0.717, 1.165) is 28.8 Å². The van der Waals surface area contributed by atoms with E-state index in [2.05, 4.69) is 0 Å². The van der Waals surface area contributed by atoms with Crippen LogP contribution in [0.15, 0.2) is 45.6 Å². The van der Waals surface area contributed by atoms with Gasteiger partial charge >= 0.3 is 29.6 Å². The van der Waals surface area contributed by atoms with Crippen molar-refractivity contribution in [1.29, 1.82) is 0 Å². The zero-order valence-corrected chi connectivity index (χ0v) is 14.5. The van der Waals surface area contributed by atoms with E-state index in [4.69, 9.17) is 4.42 Å². The van der Waals surface area contributed by atoms with E-state index in [-0.39, 0.29) is 35.0 Å². The molecule has 0 aliphatic rings. The topological polar surface area (TPSA) is 70.3 Å². The predicted molar refractivity (Wildman–Crippen MR) is 78.3 cm³/mol. The van der Waals surface area contributed by atoms with E-state index in [1.165, 1.54) is 0 Å². The van der Waals surface area contributed by atoms with Crippen molar-refractivity contribution < 1.29 is 43.9 Å². The minimum Gasteiger partial charge on any atom is -0.542 e. The van der Waals surface area contributed by atoms with Crippen LogP contribution in [0.3, 0.4) is 0 Å². The maximum Gasteiger partial charge on any atom is 1.00 e. The Morgan fingerprint density at radius 3 is 2.59 bits per heavy atom. The number of benzene rings is 2. The third-order valence-electron chi connectivity index (χ3n) is 3.55. The largest absolute Gasteiger partial charge is 1.00 e. The maximum atomic E-state index is 12.2. The molecular weight excluding hydrogens is 291 g/mol. The third-order valence-corrected chi connectivity index (χ3v) is 3.55. The molecule has 1 heterocycles. The van der Waals surface area contributed by atoms with Crippen LogP contribution in [0.2, 0.25) is 0 Å². The number of carboxylic acids is 1. The van der Waals surface area contributed by atoms with E-state index in [1.807, 2.05) is 31.2 Å². The quantitative estimate of drug-likeness (QED) is 0.472. The first-order chi connectivity index (χ1) is 10.1. The molecule has 0 saturated heterocycles. The van der Waals surface area contributed by atoms with Gasteiger partial charge in [-0.05, 0) is 23.3 Å². The Labute approximate surface area is 149 Å². The summed E-state index contributed by atoms with van der Waals surface area (Å²) in [7, 11) is 0. The van der Waals surface area contributed by atoms with Crippen LogP contribution in [0.1, 0.15) is 29.5 Å². The van der Waals surface area contributed by atoms with Crippen LogP contribution < -0.4 is 40.1 Å². The fourth-order valence-corrected chi connectivity index (χ4v) is 2.64. The van der Waals surface area contributed by atoms with Crippen LogP contribution in [-0.2, 0) is 6.42 Å². The Morgan fingerprint density at radius 1 is 1.18 bits per heavy atom. The van der Waals surface area contributed by atoms with Gasteiger partial charge in [0.15, 0.2) is 11.2 Å². The molecular formula is C17H13NaO4. The van der Waals surface area contributed by atoms with Gasteiger partial charge in [-0.1, -0.05) is 37.6 Å². The molecule has 3 rings (SSSR count). The number of carbonyl (C=O) groups excluding carboxylic acids is 1. The maximum absolute atomic E-state index is 12.2. The summed E-state index contributed by atoms with van der Waals surface area (Å²) in [4.78, 5) is 23.1. The molecule has 22 heavy (non-hydrogen) atoms. The molecule has 0 saturated carbocycles. The molecule has 0 aliphatic carbocycles. The first kappa shape index (κ1) is 16.7. The fraction of sp³-hybridized carbons (Fsp3) is 0.176. The van der Waals surface area contributed by atoms with E-state index in [0.29, 0.717) is 17.4 Å². The number of aromatic carboxylic acids is 1. The molecule has 0 bridgehead atoms. The SMILES string of the molecule is CCCc1c2ccccc2cc2c(=O)cc(C(=O)[O-])oc12.[Na+]. The Hall–Kier alpha value is -1.62. The molecule has 0 amide bonds. The van der Waals surface area contributed by atoms with Crippen molar-refractivity contribution in [3.63, 3.8) is 0 Å². The number of carbonyl (C=O) groups is 1. The Balaban J connectivity index is 0.00000176. The van der Waals surface area contributed by atoms with Gasteiger partial charge in [-0.25, -0.2) is 0 Å². The fourth-order valence-electron chi connectivity index (χ4n) is 2.64. The molecule has 5 heteroatoms. The summed E-state index contributed by atoms with van der Waals surface area (Å²) >= 11 is 0. The number of hydrogen-bond acceptors (Lipinski definition) is 4. The van der Waals surface area contributed by atoms with Crippen molar-refractivity contribution in [2.45, 2.75) is 19.8 Å². The molecule has 0 unspecified atom stereocenters. The predicted octanol–water partition coefficient (Wildman–Crippen LogP) is -0.734. The molecule has 3 aromatic rings. The Morgan fingerprint density at radius 2 is 1.91 bits per heavy atom. The van der Waals surface area contributed by atoms with Crippen molar-refractivity contribution >= 4 is 27.7 Å². The van der Waals surface area contributed by atoms with Crippen LogP contribution in [0.4, 0.5) is 0 Å². The van der Waals surface area contributed by atoms with Gasteiger partial charge in [0.05, 0.1) is 5.39 Å². The molecule has 2 aromatic carbocycles. The zero-order chi connectivity index (χ0) is 15.0. The van der Waals surface area contributed by atoms with Crippen molar-refractivity contribution in [2.24, 2.45) is 0 Å². The monoisotopic (exact) mass is 304 g/mol. The number of fused-ring (bicyclic) bond motifs is 2.